The molecule has 5 N–H and O–H groups in total. The molecule has 1 atom stereocenters. The Morgan fingerprint density at radius 1 is 0.814 bits per heavy atom. The summed E-state index contributed by atoms with van der Waals surface area (Å²) in [6.07, 6.45) is 0. The number of carbonyl (C=O) groups excluding carboxylic acids is 1. The summed E-state index contributed by atoms with van der Waals surface area (Å²) in [4.78, 5) is 21.7. The second-order valence-corrected chi connectivity index (χ2v) is 11.0. The van der Waals surface area contributed by atoms with Crippen molar-refractivity contribution < 1.29 is 27.1 Å². The third-order valence-electron chi connectivity index (χ3n) is 6.32. The molecule has 0 aliphatic carbocycles. The van der Waals surface area contributed by atoms with Gasteiger partial charge in [-0.1, -0.05) is 30.3 Å². The number of ether oxygens (including phenoxy) is 2. The fourth-order valence-corrected chi connectivity index (χ4v) is 5.23. The Kier molecular flexibility index (Phi) is 8.36. The van der Waals surface area contributed by atoms with Crippen molar-refractivity contribution >= 4 is 50.0 Å². The number of hydrogen-bond acceptors (Lipinski definition) is 9. The van der Waals surface area contributed by atoms with E-state index in [2.05, 4.69) is 25.3 Å². The van der Waals surface area contributed by atoms with Crippen molar-refractivity contribution in [3.8, 4) is 11.5 Å². The minimum absolute atomic E-state index is 0.0666. The molecule has 0 spiro atoms. The number of para-hydroxylation sites is 2. The van der Waals surface area contributed by atoms with Gasteiger partial charge in [0.25, 0.3) is 10.0 Å². The van der Waals surface area contributed by atoms with Crippen LogP contribution in [0.3, 0.4) is 0 Å². The SMILES string of the molecule is COc1cc(Nc2nc3ccccc3nc2NS(=O)(=O)c2cccc(NC(=O)C(N)c3cccc(F)c3)c2)cc(OC)c1. The molecule has 220 valence electrons. The third-order valence-corrected chi connectivity index (χ3v) is 7.65. The van der Waals surface area contributed by atoms with Crippen LogP contribution in [-0.4, -0.2) is 38.5 Å². The average molecular weight is 603 g/mol. The first-order chi connectivity index (χ1) is 20.6. The fraction of sp³-hybridized carbons (Fsp3) is 0.100. The van der Waals surface area contributed by atoms with Gasteiger partial charge in [-0.05, 0) is 48.0 Å². The van der Waals surface area contributed by atoms with Crippen LogP contribution in [0.1, 0.15) is 11.6 Å². The standard InChI is InChI=1S/C30H27FN6O5S/c1-41-22-14-21(15-23(17-22)42-2)33-28-29(36-26-12-4-3-11-25(26)35-28)37-43(39,40)24-10-6-9-20(16-24)34-30(38)27(32)18-7-5-8-19(31)13-18/h3-17,27H,32H2,1-2H3,(H,33,35)(H,34,38)(H,36,37). The molecule has 0 radical (unpaired) electrons. The Morgan fingerprint density at radius 2 is 1.47 bits per heavy atom. The zero-order valence-corrected chi connectivity index (χ0v) is 23.9. The number of halogens is 1. The number of hydrogen-bond donors (Lipinski definition) is 4. The summed E-state index contributed by atoms with van der Waals surface area (Å²) in [6, 6.07) is 21.9. The van der Waals surface area contributed by atoms with Gasteiger partial charge in [0.2, 0.25) is 5.91 Å². The molecule has 0 bridgehead atoms. The Labute approximate surface area is 246 Å². The summed E-state index contributed by atoms with van der Waals surface area (Å²) in [7, 11) is -1.21. The predicted octanol–water partition coefficient (Wildman–Crippen LogP) is 4.97. The summed E-state index contributed by atoms with van der Waals surface area (Å²) >= 11 is 0. The Morgan fingerprint density at radius 3 is 2.12 bits per heavy atom. The lowest BCUT2D eigenvalue weighted by Gasteiger charge is -2.16. The molecule has 13 heteroatoms. The lowest BCUT2D eigenvalue weighted by molar-refractivity contribution is -0.117. The van der Waals surface area contributed by atoms with Gasteiger partial charge in [0.15, 0.2) is 11.6 Å². The van der Waals surface area contributed by atoms with Gasteiger partial charge in [-0.3, -0.25) is 9.52 Å². The molecule has 0 saturated carbocycles. The molecule has 0 aliphatic heterocycles. The molecule has 4 aromatic carbocycles. The number of methoxy groups -OCH3 is 2. The number of rotatable bonds is 10. The van der Waals surface area contributed by atoms with Gasteiger partial charge in [-0.2, -0.15) is 0 Å². The van der Waals surface area contributed by atoms with E-state index in [0.29, 0.717) is 28.2 Å². The number of aromatic nitrogens is 2. The smallest absolute Gasteiger partial charge is 0.263 e. The molecule has 43 heavy (non-hydrogen) atoms. The van der Waals surface area contributed by atoms with Crippen molar-refractivity contribution in [1.82, 2.24) is 9.97 Å². The van der Waals surface area contributed by atoms with E-state index >= 15 is 0 Å². The maximum atomic E-state index is 13.6. The summed E-state index contributed by atoms with van der Waals surface area (Å²) in [5, 5.41) is 5.68. The van der Waals surface area contributed by atoms with E-state index in [1.165, 1.54) is 56.7 Å². The van der Waals surface area contributed by atoms with Gasteiger partial charge in [0.05, 0.1) is 30.1 Å². The van der Waals surface area contributed by atoms with Gasteiger partial charge >= 0.3 is 0 Å². The number of anilines is 4. The molecule has 1 amide bonds. The largest absolute Gasteiger partial charge is 0.497 e. The fourth-order valence-electron chi connectivity index (χ4n) is 4.17. The normalized spacial score (nSPS) is 11.9. The Balaban J connectivity index is 1.44. The van der Waals surface area contributed by atoms with Crippen molar-refractivity contribution in [2.24, 2.45) is 5.73 Å². The average Bonchev–Trinajstić information content (AvgIpc) is 3.00. The molecule has 11 nitrogen and oxygen atoms in total. The van der Waals surface area contributed by atoms with Crippen LogP contribution < -0.4 is 30.6 Å². The highest BCUT2D eigenvalue weighted by Gasteiger charge is 2.21. The van der Waals surface area contributed by atoms with E-state index in [0.717, 1.165) is 6.07 Å². The highest BCUT2D eigenvalue weighted by Crippen LogP contribution is 2.31. The van der Waals surface area contributed by atoms with Gasteiger partial charge in [0.1, 0.15) is 23.4 Å². The molecule has 1 aromatic heterocycles. The zero-order valence-electron chi connectivity index (χ0n) is 23.0. The summed E-state index contributed by atoms with van der Waals surface area (Å²) in [6.45, 7) is 0. The van der Waals surface area contributed by atoms with Crippen LogP contribution in [0.2, 0.25) is 0 Å². The molecule has 0 saturated heterocycles. The first-order valence-electron chi connectivity index (χ1n) is 12.9. The highest BCUT2D eigenvalue weighted by atomic mass is 32.2. The Bertz CT molecular complexity index is 1900. The molecular formula is C30H27FN6O5S. The number of nitrogens with two attached hydrogens (primary N) is 1. The van der Waals surface area contributed by atoms with E-state index < -0.39 is 27.8 Å². The number of sulfonamides is 1. The minimum atomic E-state index is -4.23. The highest BCUT2D eigenvalue weighted by molar-refractivity contribution is 7.92. The zero-order chi connectivity index (χ0) is 30.6. The third kappa shape index (κ3) is 6.80. The summed E-state index contributed by atoms with van der Waals surface area (Å²) in [5.41, 5.74) is 7.94. The van der Waals surface area contributed by atoms with Crippen molar-refractivity contribution in [1.29, 1.82) is 0 Å². The lowest BCUT2D eigenvalue weighted by Crippen LogP contribution is -2.28. The molecule has 0 aliphatic rings. The van der Waals surface area contributed by atoms with Crippen LogP contribution in [0, 0.1) is 5.82 Å². The van der Waals surface area contributed by atoms with E-state index in [4.69, 9.17) is 15.2 Å². The summed E-state index contributed by atoms with van der Waals surface area (Å²) < 4.78 is 53.9. The predicted molar refractivity (Wildman–Crippen MR) is 162 cm³/mol. The number of amides is 1. The number of fused-ring (bicyclic) bond motifs is 1. The summed E-state index contributed by atoms with van der Waals surface area (Å²) in [5.74, 6) is -0.0987. The number of carbonyl (C=O) groups is 1. The molecular weight excluding hydrogens is 575 g/mol. The van der Waals surface area contributed by atoms with E-state index in [1.54, 1.807) is 42.5 Å². The van der Waals surface area contributed by atoms with Crippen LogP contribution in [0.5, 0.6) is 11.5 Å². The first-order valence-corrected chi connectivity index (χ1v) is 14.3. The number of nitrogens with zero attached hydrogens (tertiary/aromatic N) is 2. The quantitative estimate of drug-likeness (QED) is 0.173. The van der Waals surface area contributed by atoms with Crippen LogP contribution >= 0.6 is 0 Å². The Hall–Kier alpha value is -5.27. The van der Waals surface area contributed by atoms with Crippen molar-refractivity contribution in [3.63, 3.8) is 0 Å². The van der Waals surface area contributed by atoms with Gasteiger partial charge in [0, 0.05) is 29.6 Å². The number of benzene rings is 4. The number of nitrogens with one attached hydrogen (secondary N) is 3. The molecule has 5 aromatic rings. The minimum Gasteiger partial charge on any atom is -0.497 e. The van der Waals surface area contributed by atoms with E-state index in [1.807, 2.05) is 0 Å². The van der Waals surface area contributed by atoms with Gasteiger partial charge in [-0.25, -0.2) is 22.8 Å². The maximum Gasteiger partial charge on any atom is 0.263 e. The van der Waals surface area contributed by atoms with Crippen molar-refractivity contribution in [2.75, 3.05) is 29.6 Å². The van der Waals surface area contributed by atoms with Crippen LogP contribution in [0.15, 0.2) is 95.9 Å². The van der Waals surface area contributed by atoms with Crippen molar-refractivity contribution in [2.45, 2.75) is 10.9 Å². The maximum absolute atomic E-state index is 13.6. The second-order valence-electron chi connectivity index (χ2n) is 9.29. The monoisotopic (exact) mass is 602 g/mol. The second kappa shape index (κ2) is 12.3. The van der Waals surface area contributed by atoms with Crippen LogP contribution in [0.25, 0.3) is 11.0 Å². The van der Waals surface area contributed by atoms with Crippen molar-refractivity contribution in [3.05, 3.63) is 102 Å². The first kappa shape index (κ1) is 29.2. The van der Waals surface area contributed by atoms with Crippen LogP contribution in [0.4, 0.5) is 27.4 Å². The van der Waals surface area contributed by atoms with Gasteiger partial charge < -0.3 is 25.8 Å². The topological polar surface area (TPSA) is 158 Å². The molecule has 5 rings (SSSR count). The lowest BCUT2D eigenvalue weighted by atomic mass is 10.1. The van der Waals surface area contributed by atoms with E-state index in [-0.39, 0.29) is 27.8 Å². The van der Waals surface area contributed by atoms with E-state index in [9.17, 15) is 17.6 Å². The van der Waals surface area contributed by atoms with Crippen LogP contribution in [-0.2, 0) is 14.8 Å². The molecule has 1 unspecified atom stereocenters. The van der Waals surface area contributed by atoms with Gasteiger partial charge in [-0.15, -0.1) is 0 Å². The molecule has 0 fully saturated rings. The molecule has 1 heterocycles.